The highest BCUT2D eigenvalue weighted by molar-refractivity contribution is 7.44. The summed E-state index contributed by atoms with van der Waals surface area (Å²) in [6.07, 6.45) is 0.198. The molecule has 14 nitrogen and oxygen atoms in total. The smallest absolute Gasteiger partial charge is 0.351 e. The average Bonchev–Trinajstić information content (AvgIpc) is 3.66. The Bertz CT molecular complexity index is 2030. The molecule has 3 heterocycles. The van der Waals surface area contributed by atoms with Gasteiger partial charge in [0.2, 0.25) is 0 Å². The fourth-order valence-corrected chi connectivity index (χ4v) is 9.39. The summed E-state index contributed by atoms with van der Waals surface area (Å²) in [5, 5.41) is 9.39. The van der Waals surface area contributed by atoms with Gasteiger partial charge in [-0.1, -0.05) is 54.6 Å². The number of morpholine rings is 1. The lowest BCUT2D eigenvalue weighted by Gasteiger charge is -2.39. The molecular formula is C45H57N6O8P. The number of hydrogen-bond donors (Lipinski definition) is 0. The van der Waals surface area contributed by atoms with Gasteiger partial charge >= 0.3 is 5.69 Å². The SMILES string of the molecule is COc1ccc(C(OC[C@H]2O[C@@H](n3ccc(N=C(C)N4CCOCC4)nc3=O)CC2OP(OCCC#N)N(C(C)C)C(C)C)(c2ccccc2)c2ccc(OC)cc2)cc1. The summed E-state index contributed by atoms with van der Waals surface area (Å²) in [6.45, 7) is 13.2. The van der Waals surface area contributed by atoms with Crippen molar-refractivity contribution in [1.29, 1.82) is 5.26 Å². The third-order valence-corrected chi connectivity index (χ3v) is 12.7. The zero-order valence-electron chi connectivity index (χ0n) is 35.6. The summed E-state index contributed by atoms with van der Waals surface area (Å²) in [5.41, 5.74) is 0.999. The summed E-state index contributed by atoms with van der Waals surface area (Å²) in [7, 11) is 1.61. The number of benzene rings is 3. The van der Waals surface area contributed by atoms with Gasteiger partial charge in [0.1, 0.15) is 35.3 Å². The molecule has 0 amide bonds. The predicted octanol–water partition coefficient (Wildman–Crippen LogP) is 7.60. The van der Waals surface area contributed by atoms with Crippen LogP contribution in [-0.4, -0.2) is 103 Å². The van der Waals surface area contributed by atoms with Crippen molar-refractivity contribution in [2.45, 2.75) is 83.6 Å². The highest BCUT2D eigenvalue weighted by Gasteiger charge is 2.45. The lowest BCUT2D eigenvalue weighted by molar-refractivity contribution is -0.0925. The second-order valence-corrected chi connectivity index (χ2v) is 16.5. The Kier molecular flexibility index (Phi) is 15.8. The molecule has 3 aromatic carbocycles. The van der Waals surface area contributed by atoms with Crippen LogP contribution < -0.4 is 15.2 Å². The number of methoxy groups -OCH3 is 2. The van der Waals surface area contributed by atoms with Crippen LogP contribution in [0.25, 0.3) is 0 Å². The molecule has 2 aliphatic heterocycles. The van der Waals surface area contributed by atoms with E-state index < -0.39 is 38.3 Å². The molecular weight excluding hydrogens is 784 g/mol. The first-order chi connectivity index (χ1) is 29.1. The third-order valence-electron chi connectivity index (χ3n) is 10.6. The number of ether oxygens (including phenoxy) is 5. The number of aliphatic imine (C=N–C) groups is 1. The van der Waals surface area contributed by atoms with Crippen molar-refractivity contribution >= 4 is 20.2 Å². The summed E-state index contributed by atoms with van der Waals surface area (Å²) < 4.78 is 47.7. The van der Waals surface area contributed by atoms with Gasteiger partial charge in [0.15, 0.2) is 5.82 Å². The van der Waals surface area contributed by atoms with Crippen LogP contribution in [0.15, 0.2) is 101 Å². The fraction of sp³-hybridized carbons (Fsp3) is 0.467. The Hall–Kier alpha value is -4.71. The van der Waals surface area contributed by atoms with Crippen LogP contribution in [-0.2, 0) is 28.9 Å². The number of aromatic nitrogens is 2. The maximum Gasteiger partial charge on any atom is 0.351 e. The van der Waals surface area contributed by atoms with E-state index in [4.69, 9.17) is 32.7 Å². The molecule has 60 heavy (non-hydrogen) atoms. The third kappa shape index (κ3) is 10.6. The number of amidine groups is 1. The molecule has 2 saturated heterocycles. The lowest BCUT2D eigenvalue weighted by Crippen LogP contribution is -2.39. The van der Waals surface area contributed by atoms with Gasteiger partial charge in [0.25, 0.3) is 8.53 Å². The van der Waals surface area contributed by atoms with Crippen molar-refractivity contribution in [2.75, 3.05) is 53.7 Å². The fourth-order valence-electron chi connectivity index (χ4n) is 7.63. The molecule has 2 unspecified atom stereocenters. The van der Waals surface area contributed by atoms with Gasteiger partial charge < -0.3 is 37.6 Å². The second-order valence-electron chi connectivity index (χ2n) is 15.1. The standard InChI is InChI=1S/C45H57N6O8P/c1-32(2)51(33(3)4)60(57-27-11-23-46)59-40-30-43(50-24-22-42(48-44(50)52)47-34(5)49-25-28-55-29-26-49)58-41(40)31-56-45(35-12-9-8-10-13-35,36-14-18-38(53-6)19-15-36)37-16-20-39(54-7)21-17-37/h8-10,12-22,24,32-33,40-41,43H,11,25-31H2,1-7H3/t40?,41-,43-,60?/m1/s1. The van der Waals surface area contributed by atoms with E-state index in [1.807, 2.05) is 85.8 Å². The van der Waals surface area contributed by atoms with Gasteiger partial charge in [-0.05, 0) is 81.6 Å². The molecule has 0 bridgehead atoms. The molecule has 4 aromatic rings. The summed E-state index contributed by atoms with van der Waals surface area (Å²) in [4.78, 5) is 24.9. The highest BCUT2D eigenvalue weighted by Crippen LogP contribution is 2.50. The average molecular weight is 841 g/mol. The minimum absolute atomic E-state index is 0.0577. The van der Waals surface area contributed by atoms with Crippen LogP contribution in [0.1, 0.15) is 70.4 Å². The zero-order chi connectivity index (χ0) is 42.6. The Morgan fingerprint density at radius 2 is 1.53 bits per heavy atom. The van der Waals surface area contributed by atoms with Crippen LogP contribution in [0.5, 0.6) is 11.5 Å². The van der Waals surface area contributed by atoms with Crippen LogP contribution in [0, 0.1) is 11.3 Å². The van der Waals surface area contributed by atoms with Gasteiger partial charge in [-0.15, -0.1) is 0 Å². The van der Waals surface area contributed by atoms with Crippen LogP contribution in [0.3, 0.4) is 0 Å². The molecule has 2 fully saturated rings. The summed E-state index contributed by atoms with van der Waals surface area (Å²) in [6, 6.07) is 29.8. The van der Waals surface area contributed by atoms with E-state index in [2.05, 4.69) is 53.3 Å². The predicted molar refractivity (Wildman–Crippen MR) is 231 cm³/mol. The molecule has 4 atom stereocenters. The molecule has 2 aliphatic rings. The van der Waals surface area contributed by atoms with Crippen LogP contribution in [0.2, 0.25) is 0 Å². The topological polar surface area (TPSA) is 142 Å². The quantitative estimate of drug-likeness (QED) is 0.0320. The molecule has 0 aliphatic carbocycles. The highest BCUT2D eigenvalue weighted by atomic mass is 31.2. The summed E-state index contributed by atoms with van der Waals surface area (Å²) >= 11 is 0. The van der Waals surface area contributed by atoms with Crippen LogP contribution >= 0.6 is 8.53 Å². The van der Waals surface area contributed by atoms with Crippen molar-refractivity contribution in [3.05, 3.63) is 118 Å². The molecule has 320 valence electrons. The van der Waals surface area contributed by atoms with Crippen molar-refractivity contribution < 1.29 is 32.7 Å². The monoisotopic (exact) mass is 840 g/mol. The Labute approximate surface area is 354 Å². The van der Waals surface area contributed by atoms with Crippen molar-refractivity contribution in [3.8, 4) is 17.6 Å². The molecule has 1 aromatic heterocycles. The molecule has 0 radical (unpaired) electrons. The maximum atomic E-state index is 13.8. The van der Waals surface area contributed by atoms with Crippen molar-refractivity contribution in [1.82, 2.24) is 19.1 Å². The second kappa shape index (κ2) is 21.2. The molecule has 0 saturated carbocycles. The summed E-state index contributed by atoms with van der Waals surface area (Å²) in [5.74, 6) is 2.51. The van der Waals surface area contributed by atoms with Gasteiger partial charge in [-0.2, -0.15) is 10.2 Å². The molecule has 6 rings (SSSR count). The van der Waals surface area contributed by atoms with E-state index in [-0.39, 0.29) is 31.7 Å². The number of nitriles is 1. The van der Waals surface area contributed by atoms with E-state index in [0.29, 0.717) is 37.0 Å². The van der Waals surface area contributed by atoms with Crippen molar-refractivity contribution in [3.63, 3.8) is 0 Å². The first-order valence-electron chi connectivity index (χ1n) is 20.4. The normalized spacial score (nSPS) is 19.2. The largest absolute Gasteiger partial charge is 0.497 e. The lowest BCUT2D eigenvalue weighted by atomic mass is 9.80. The molecule has 0 N–H and O–H groups in total. The van der Waals surface area contributed by atoms with E-state index >= 15 is 0 Å². The van der Waals surface area contributed by atoms with E-state index in [1.54, 1.807) is 26.5 Å². The Morgan fingerprint density at radius 1 is 0.933 bits per heavy atom. The molecule has 15 heteroatoms. The number of rotatable bonds is 18. The number of hydrogen-bond acceptors (Lipinski definition) is 12. The van der Waals surface area contributed by atoms with E-state index in [1.165, 1.54) is 4.57 Å². The van der Waals surface area contributed by atoms with Gasteiger partial charge in [0.05, 0.1) is 59.2 Å². The first-order valence-corrected chi connectivity index (χ1v) is 21.6. The van der Waals surface area contributed by atoms with Gasteiger partial charge in [-0.25, -0.2) is 14.5 Å². The Balaban J connectivity index is 1.39. The zero-order valence-corrected chi connectivity index (χ0v) is 36.5. The number of nitrogens with zero attached hydrogens (tertiary/aromatic N) is 6. The maximum absolute atomic E-state index is 13.8. The first kappa shape index (κ1) is 44.8. The Morgan fingerprint density at radius 3 is 2.08 bits per heavy atom. The van der Waals surface area contributed by atoms with E-state index in [0.717, 1.165) is 35.6 Å². The minimum Gasteiger partial charge on any atom is -0.497 e. The molecule has 0 spiro atoms. The van der Waals surface area contributed by atoms with Crippen molar-refractivity contribution in [2.24, 2.45) is 4.99 Å². The van der Waals surface area contributed by atoms with Crippen LogP contribution in [0.4, 0.5) is 5.82 Å². The minimum atomic E-state index is -1.67. The van der Waals surface area contributed by atoms with Gasteiger partial charge in [-0.3, -0.25) is 4.57 Å². The van der Waals surface area contributed by atoms with Gasteiger partial charge in [0, 0.05) is 37.8 Å². The van der Waals surface area contributed by atoms with E-state index in [9.17, 15) is 10.1 Å².